The van der Waals surface area contributed by atoms with E-state index in [1.165, 1.54) is 0 Å². The van der Waals surface area contributed by atoms with E-state index in [0.717, 1.165) is 22.4 Å². The third-order valence-corrected chi connectivity index (χ3v) is 3.68. The largest absolute Gasteiger partial charge is 0.480 e. The van der Waals surface area contributed by atoms with Gasteiger partial charge < -0.3 is 15.7 Å². The van der Waals surface area contributed by atoms with E-state index in [4.69, 9.17) is 0 Å². The van der Waals surface area contributed by atoms with Crippen molar-refractivity contribution < 1.29 is 14.7 Å². The van der Waals surface area contributed by atoms with Crippen molar-refractivity contribution in [2.45, 2.75) is 47.1 Å². The third-order valence-electron chi connectivity index (χ3n) is 3.68. The Morgan fingerprint density at radius 2 is 1.71 bits per heavy atom. The summed E-state index contributed by atoms with van der Waals surface area (Å²) in [4.78, 5) is 23.3. The molecule has 21 heavy (non-hydrogen) atoms. The molecule has 0 heterocycles. The molecule has 0 fully saturated rings. The van der Waals surface area contributed by atoms with Gasteiger partial charge in [0.25, 0.3) is 0 Å². The Morgan fingerprint density at radius 3 is 2.14 bits per heavy atom. The lowest BCUT2D eigenvalue weighted by Gasteiger charge is -2.21. The summed E-state index contributed by atoms with van der Waals surface area (Å²) < 4.78 is 0. The summed E-state index contributed by atoms with van der Waals surface area (Å²) in [6, 6.07) is 2.58. The molecule has 1 rings (SSSR count). The van der Waals surface area contributed by atoms with Gasteiger partial charge in [0.05, 0.1) is 0 Å². The van der Waals surface area contributed by atoms with E-state index >= 15 is 0 Å². The minimum absolute atomic E-state index is 0.131. The highest BCUT2D eigenvalue weighted by Gasteiger charge is 2.25. The second kappa shape index (κ2) is 7.11. The quantitative estimate of drug-likeness (QED) is 0.779. The number of benzene rings is 1. The lowest BCUT2D eigenvalue weighted by atomic mass is 9.99. The number of anilines is 1. The van der Waals surface area contributed by atoms with Gasteiger partial charge in [-0.15, -0.1) is 0 Å². The maximum Gasteiger partial charge on any atom is 0.326 e. The number of nitrogens with one attached hydrogen (secondary N) is 2. The maximum atomic E-state index is 12.1. The predicted molar refractivity (Wildman–Crippen MR) is 83.7 cm³/mol. The summed E-state index contributed by atoms with van der Waals surface area (Å²) in [6.07, 6.45) is 0.680. The first-order valence-electron chi connectivity index (χ1n) is 7.14. The molecule has 5 nitrogen and oxygen atoms in total. The zero-order chi connectivity index (χ0) is 16.2. The Balaban J connectivity index is 2.84. The van der Waals surface area contributed by atoms with Crippen molar-refractivity contribution in [3.05, 3.63) is 28.8 Å². The minimum Gasteiger partial charge on any atom is -0.480 e. The fourth-order valence-electron chi connectivity index (χ4n) is 2.35. The maximum absolute atomic E-state index is 12.1. The van der Waals surface area contributed by atoms with Crippen LogP contribution in [0.3, 0.4) is 0 Å². The van der Waals surface area contributed by atoms with Crippen LogP contribution in [-0.2, 0) is 4.79 Å². The SMILES string of the molecule is CCC(C)C(NC(=O)Nc1c(C)cc(C)cc1C)C(=O)O. The number of carboxylic acid groups (broad SMARTS) is 1. The normalized spacial score (nSPS) is 13.4. The number of aryl methyl sites for hydroxylation is 3. The predicted octanol–water partition coefficient (Wildman–Crippen LogP) is 3.23. The van der Waals surface area contributed by atoms with Gasteiger partial charge in [0.1, 0.15) is 6.04 Å². The number of urea groups is 1. The first-order chi connectivity index (χ1) is 9.76. The molecule has 1 aromatic carbocycles. The smallest absolute Gasteiger partial charge is 0.326 e. The average Bonchev–Trinajstić information content (AvgIpc) is 2.39. The summed E-state index contributed by atoms with van der Waals surface area (Å²) in [6.45, 7) is 9.53. The van der Waals surface area contributed by atoms with Crippen LogP contribution >= 0.6 is 0 Å². The van der Waals surface area contributed by atoms with E-state index in [9.17, 15) is 14.7 Å². The van der Waals surface area contributed by atoms with Crippen LogP contribution < -0.4 is 10.6 Å². The van der Waals surface area contributed by atoms with Gasteiger partial charge in [-0.1, -0.05) is 38.0 Å². The number of carbonyl (C=O) groups is 2. The topological polar surface area (TPSA) is 78.4 Å². The van der Waals surface area contributed by atoms with Crippen molar-refractivity contribution in [1.82, 2.24) is 5.32 Å². The number of rotatable bonds is 5. The van der Waals surface area contributed by atoms with E-state index in [2.05, 4.69) is 10.6 Å². The molecule has 2 atom stereocenters. The monoisotopic (exact) mass is 292 g/mol. The van der Waals surface area contributed by atoms with Gasteiger partial charge >= 0.3 is 12.0 Å². The zero-order valence-electron chi connectivity index (χ0n) is 13.3. The standard InChI is InChI=1S/C16H24N2O3/c1-6-10(3)14(15(19)20)18-16(21)17-13-11(4)7-9(2)8-12(13)5/h7-8,10,14H,6H2,1-5H3,(H,19,20)(H2,17,18,21). The number of amides is 2. The van der Waals surface area contributed by atoms with Crippen molar-refractivity contribution in [3.8, 4) is 0 Å². The van der Waals surface area contributed by atoms with Crippen molar-refractivity contribution in [3.63, 3.8) is 0 Å². The molecule has 3 N–H and O–H groups in total. The van der Waals surface area contributed by atoms with Crippen LogP contribution in [-0.4, -0.2) is 23.1 Å². The minimum atomic E-state index is -1.02. The highest BCUT2D eigenvalue weighted by atomic mass is 16.4. The first kappa shape index (κ1) is 17.0. The molecule has 116 valence electrons. The Hall–Kier alpha value is -2.04. The zero-order valence-corrected chi connectivity index (χ0v) is 13.3. The van der Waals surface area contributed by atoms with Crippen molar-refractivity contribution >= 4 is 17.7 Å². The Labute approximate surface area is 125 Å². The van der Waals surface area contributed by atoms with Crippen molar-refractivity contribution in [2.75, 3.05) is 5.32 Å². The lowest BCUT2D eigenvalue weighted by Crippen LogP contribution is -2.46. The summed E-state index contributed by atoms with van der Waals surface area (Å²) >= 11 is 0. The van der Waals surface area contributed by atoms with Crippen LogP contribution in [0.5, 0.6) is 0 Å². The highest BCUT2D eigenvalue weighted by molar-refractivity contribution is 5.93. The molecule has 0 radical (unpaired) electrons. The number of carboxylic acids is 1. The van der Waals surface area contributed by atoms with Gasteiger partial charge in [-0.3, -0.25) is 0 Å². The highest BCUT2D eigenvalue weighted by Crippen LogP contribution is 2.21. The second-order valence-corrected chi connectivity index (χ2v) is 5.57. The van der Waals surface area contributed by atoms with Gasteiger partial charge in [-0.05, 0) is 37.8 Å². The molecule has 0 spiro atoms. The van der Waals surface area contributed by atoms with Gasteiger partial charge in [-0.2, -0.15) is 0 Å². The Bertz CT molecular complexity index is 517. The molecule has 0 aliphatic heterocycles. The molecule has 0 aliphatic rings. The lowest BCUT2D eigenvalue weighted by molar-refractivity contribution is -0.140. The molecule has 1 aromatic rings. The Kier molecular flexibility index (Phi) is 5.76. The molecular formula is C16H24N2O3. The van der Waals surface area contributed by atoms with E-state index < -0.39 is 18.0 Å². The molecule has 0 aliphatic carbocycles. The number of hydrogen-bond donors (Lipinski definition) is 3. The number of carbonyl (C=O) groups excluding carboxylic acids is 1. The molecular weight excluding hydrogens is 268 g/mol. The third kappa shape index (κ3) is 4.48. The summed E-state index contributed by atoms with van der Waals surface area (Å²) in [5, 5.41) is 14.5. The molecule has 2 unspecified atom stereocenters. The van der Waals surface area contributed by atoms with Crippen LogP contribution in [0.15, 0.2) is 12.1 Å². The van der Waals surface area contributed by atoms with E-state index in [1.54, 1.807) is 6.92 Å². The van der Waals surface area contributed by atoms with Gasteiger partial charge in [-0.25, -0.2) is 9.59 Å². The van der Waals surface area contributed by atoms with Crippen LogP contribution in [0.25, 0.3) is 0 Å². The molecule has 5 heteroatoms. The number of aliphatic carboxylic acids is 1. The fraction of sp³-hybridized carbons (Fsp3) is 0.500. The van der Waals surface area contributed by atoms with Crippen LogP contribution in [0.4, 0.5) is 10.5 Å². The molecule has 0 aromatic heterocycles. The summed E-state index contributed by atoms with van der Waals surface area (Å²) in [5.41, 5.74) is 3.77. The van der Waals surface area contributed by atoms with Crippen molar-refractivity contribution in [1.29, 1.82) is 0 Å². The summed E-state index contributed by atoms with van der Waals surface area (Å²) in [5.74, 6) is -1.15. The average molecular weight is 292 g/mol. The van der Waals surface area contributed by atoms with Crippen molar-refractivity contribution in [2.24, 2.45) is 5.92 Å². The number of hydrogen-bond acceptors (Lipinski definition) is 2. The van der Waals surface area contributed by atoms with Crippen LogP contribution in [0, 0.1) is 26.7 Å². The molecule has 0 bridgehead atoms. The van der Waals surface area contributed by atoms with Crippen LogP contribution in [0.2, 0.25) is 0 Å². The van der Waals surface area contributed by atoms with Crippen LogP contribution in [0.1, 0.15) is 37.0 Å². The Morgan fingerprint density at radius 1 is 1.19 bits per heavy atom. The molecule has 2 amide bonds. The van der Waals surface area contributed by atoms with E-state index in [1.807, 2.05) is 39.8 Å². The summed E-state index contributed by atoms with van der Waals surface area (Å²) in [7, 11) is 0. The first-order valence-corrected chi connectivity index (χ1v) is 7.14. The molecule has 0 saturated heterocycles. The van der Waals surface area contributed by atoms with E-state index in [-0.39, 0.29) is 5.92 Å². The van der Waals surface area contributed by atoms with E-state index in [0.29, 0.717) is 6.42 Å². The van der Waals surface area contributed by atoms with Gasteiger partial charge in [0.2, 0.25) is 0 Å². The molecule has 0 saturated carbocycles. The van der Waals surface area contributed by atoms with Gasteiger partial charge in [0, 0.05) is 5.69 Å². The van der Waals surface area contributed by atoms with Gasteiger partial charge in [0.15, 0.2) is 0 Å². The fourth-order valence-corrected chi connectivity index (χ4v) is 2.35. The second-order valence-electron chi connectivity index (χ2n) is 5.57.